The van der Waals surface area contributed by atoms with Crippen molar-refractivity contribution < 1.29 is 18.5 Å². The second-order valence-corrected chi connectivity index (χ2v) is 5.04. The average Bonchev–Trinajstić information content (AvgIpc) is 2.51. The minimum atomic E-state index is -0.925. The predicted molar refractivity (Wildman–Crippen MR) is 85.0 cm³/mol. The lowest BCUT2D eigenvalue weighted by Gasteiger charge is -2.09. The van der Waals surface area contributed by atoms with Gasteiger partial charge in [0.15, 0.2) is 0 Å². The lowest BCUT2D eigenvalue weighted by Crippen LogP contribution is -2.30. The van der Waals surface area contributed by atoms with Crippen LogP contribution in [0.5, 0.6) is 0 Å². The van der Waals surface area contributed by atoms with Gasteiger partial charge in [-0.15, -0.1) is 0 Å². The van der Waals surface area contributed by atoms with Gasteiger partial charge in [-0.05, 0) is 31.2 Å². The van der Waals surface area contributed by atoms with Crippen molar-refractivity contribution in [2.24, 2.45) is 0 Å². The van der Waals surface area contributed by atoms with Gasteiger partial charge in [0.1, 0.15) is 17.2 Å². The zero-order valence-corrected chi connectivity index (χ0v) is 12.8. The number of benzene rings is 2. The molecule has 0 aliphatic rings. The van der Waals surface area contributed by atoms with Gasteiger partial charge in [0, 0.05) is 30.4 Å². The van der Waals surface area contributed by atoms with Crippen LogP contribution in [0.2, 0.25) is 0 Å². The SMILES string of the molecule is Cc1cc(NCCNC(=O)c2c(F)cccc2F)ccc1[N+](=O)[O-]. The molecule has 0 aliphatic carbocycles. The molecule has 2 rings (SSSR count). The van der Waals surface area contributed by atoms with Gasteiger partial charge in [-0.3, -0.25) is 14.9 Å². The Kier molecular flexibility index (Phi) is 5.41. The van der Waals surface area contributed by atoms with Crippen LogP contribution in [0.3, 0.4) is 0 Å². The van der Waals surface area contributed by atoms with Crippen LogP contribution in [0, 0.1) is 28.7 Å². The molecule has 2 aromatic carbocycles. The number of nitro benzene ring substituents is 1. The van der Waals surface area contributed by atoms with Crippen molar-refractivity contribution in [1.82, 2.24) is 5.32 Å². The Bertz CT molecular complexity index is 761. The molecule has 0 aromatic heterocycles. The monoisotopic (exact) mass is 335 g/mol. The zero-order chi connectivity index (χ0) is 17.7. The largest absolute Gasteiger partial charge is 0.383 e. The Morgan fingerprint density at radius 1 is 1.17 bits per heavy atom. The summed E-state index contributed by atoms with van der Waals surface area (Å²) in [6.45, 7) is 2.04. The molecule has 6 nitrogen and oxygen atoms in total. The van der Waals surface area contributed by atoms with Crippen molar-refractivity contribution in [1.29, 1.82) is 0 Å². The number of aryl methyl sites for hydroxylation is 1. The molecule has 0 bridgehead atoms. The number of amides is 1. The lowest BCUT2D eigenvalue weighted by atomic mass is 10.2. The lowest BCUT2D eigenvalue weighted by molar-refractivity contribution is -0.385. The van der Waals surface area contributed by atoms with Gasteiger partial charge in [0.25, 0.3) is 11.6 Å². The number of nitrogens with zero attached hydrogens (tertiary/aromatic N) is 1. The Labute approximate surface area is 136 Å². The third kappa shape index (κ3) is 4.03. The van der Waals surface area contributed by atoms with E-state index in [0.29, 0.717) is 17.8 Å². The number of nitrogens with one attached hydrogen (secondary N) is 2. The Morgan fingerprint density at radius 2 is 1.83 bits per heavy atom. The van der Waals surface area contributed by atoms with E-state index in [-0.39, 0.29) is 12.2 Å². The van der Waals surface area contributed by atoms with E-state index in [0.717, 1.165) is 12.1 Å². The molecule has 0 radical (unpaired) electrons. The molecule has 0 atom stereocenters. The van der Waals surface area contributed by atoms with Crippen LogP contribution < -0.4 is 10.6 Å². The van der Waals surface area contributed by atoms with E-state index in [2.05, 4.69) is 10.6 Å². The van der Waals surface area contributed by atoms with Gasteiger partial charge in [-0.2, -0.15) is 0 Å². The molecule has 2 N–H and O–H groups in total. The van der Waals surface area contributed by atoms with Gasteiger partial charge in [0.05, 0.1) is 4.92 Å². The van der Waals surface area contributed by atoms with Crippen LogP contribution in [0.25, 0.3) is 0 Å². The van der Waals surface area contributed by atoms with Crippen LogP contribution in [-0.4, -0.2) is 23.9 Å². The highest BCUT2D eigenvalue weighted by Gasteiger charge is 2.16. The Hall–Kier alpha value is -3.03. The second kappa shape index (κ2) is 7.49. The highest BCUT2D eigenvalue weighted by atomic mass is 19.1. The number of hydrogen-bond donors (Lipinski definition) is 2. The zero-order valence-electron chi connectivity index (χ0n) is 12.8. The standard InChI is InChI=1S/C16H15F2N3O3/c1-10-9-11(5-6-14(10)21(23)24)19-7-8-20-16(22)15-12(17)3-2-4-13(15)18/h2-6,9,19H,7-8H2,1H3,(H,20,22). The van der Waals surface area contributed by atoms with Crippen molar-refractivity contribution in [3.8, 4) is 0 Å². The van der Waals surface area contributed by atoms with Gasteiger partial charge >= 0.3 is 0 Å². The fourth-order valence-electron chi connectivity index (χ4n) is 2.16. The number of carbonyl (C=O) groups excluding carboxylic acids is 1. The summed E-state index contributed by atoms with van der Waals surface area (Å²) in [6, 6.07) is 7.73. The molecule has 0 heterocycles. The van der Waals surface area contributed by atoms with Crippen molar-refractivity contribution in [2.45, 2.75) is 6.92 Å². The topological polar surface area (TPSA) is 84.3 Å². The molecule has 0 saturated carbocycles. The van der Waals surface area contributed by atoms with Gasteiger partial charge in [-0.25, -0.2) is 8.78 Å². The third-order valence-electron chi connectivity index (χ3n) is 3.32. The van der Waals surface area contributed by atoms with E-state index in [4.69, 9.17) is 0 Å². The molecular formula is C16H15F2N3O3. The first-order valence-electron chi connectivity index (χ1n) is 7.11. The van der Waals surface area contributed by atoms with E-state index < -0.39 is 28.0 Å². The minimum absolute atomic E-state index is 0.0175. The smallest absolute Gasteiger partial charge is 0.272 e. The highest BCUT2D eigenvalue weighted by Crippen LogP contribution is 2.21. The first-order chi connectivity index (χ1) is 11.4. The number of halogens is 2. The molecule has 0 aliphatic heterocycles. The fraction of sp³-hybridized carbons (Fsp3) is 0.188. The maximum atomic E-state index is 13.5. The van der Waals surface area contributed by atoms with Crippen molar-refractivity contribution >= 4 is 17.3 Å². The summed E-state index contributed by atoms with van der Waals surface area (Å²) >= 11 is 0. The molecule has 24 heavy (non-hydrogen) atoms. The summed E-state index contributed by atoms with van der Waals surface area (Å²) in [7, 11) is 0. The van der Waals surface area contributed by atoms with E-state index in [1.807, 2.05) is 0 Å². The highest BCUT2D eigenvalue weighted by molar-refractivity contribution is 5.94. The molecular weight excluding hydrogens is 320 g/mol. The summed E-state index contributed by atoms with van der Waals surface area (Å²) in [6.07, 6.45) is 0. The summed E-state index contributed by atoms with van der Waals surface area (Å²) in [5.74, 6) is -2.69. The van der Waals surface area contributed by atoms with Gasteiger partial charge in [-0.1, -0.05) is 6.07 Å². The molecule has 0 fully saturated rings. The van der Waals surface area contributed by atoms with Crippen LogP contribution in [0.15, 0.2) is 36.4 Å². The molecule has 0 unspecified atom stereocenters. The maximum absolute atomic E-state index is 13.5. The van der Waals surface area contributed by atoms with Crippen LogP contribution in [0.1, 0.15) is 15.9 Å². The first-order valence-corrected chi connectivity index (χ1v) is 7.11. The second-order valence-electron chi connectivity index (χ2n) is 5.04. The summed E-state index contributed by atoms with van der Waals surface area (Å²) in [4.78, 5) is 22.0. The van der Waals surface area contributed by atoms with E-state index in [9.17, 15) is 23.7 Å². The molecule has 126 valence electrons. The Balaban J connectivity index is 1.88. The average molecular weight is 335 g/mol. The maximum Gasteiger partial charge on any atom is 0.272 e. The number of rotatable bonds is 6. The fourth-order valence-corrected chi connectivity index (χ4v) is 2.16. The van der Waals surface area contributed by atoms with Crippen molar-refractivity contribution in [2.75, 3.05) is 18.4 Å². The van der Waals surface area contributed by atoms with Gasteiger partial charge < -0.3 is 10.6 Å². The summed E-state index contributed by atoms with van der Waals surface area (Å²) in [5.41, 5.74) is 0.541. The first kappa shape index (κ1) is 17.3. The van der Waals surface area contributed by atoms with E-state index in [1.165, 1.54) is 12.1 Å². The van der Waals surface area contributed by atoms with Crippen molar-refractivity contribution in [3.05, 3.63) is 69.3 Å². The normalized spacial score (nSPS) is 10.3. The van der Waals surface area contributed by atoms with Crippen LogP contribution in [-0.2, 0) is 0 Å². The molecule has 8 heteroatoms. The predicted octanol–water partition coefficient (Wildman–Crippen LogP) is 3.02. The van der Waals surface area contributed by atoms with E-state index >= 15 is 0 Å². The summed E-state index contributed by atoms with van der Waals surface area (Å²) in [5, 5.41) is 16.1. The molecule has 0 saturated heterocycles. The van der Waals surface area contributed by atoms with Crippen LogP contribution >= 0.6 is 0 Å². The minimum Gasteiger partial charge on any atom is -0.383 e. The molecule has 1 amide bonds. The molecule has 2 aromatic rings. The summed E-state index contributed by atoms with van der Waals surface area (Å²) < 4.78 is 26.9. The van der Waals surface area contributed by atoms with Gasteiger partial charge in [0.2, 0.25) is 0 Å². The number of hydrogen-bond acceptors (Lipinski definition) is 4. The third-order valence-corrected chi connectivity index (χ3v) is 3.32. The quantitative estimate of drug-likeness (QED) is 0.483. The molecule has 0 spiro atoms. The van der Waals surface area contributed by atoms with E-state index in [1.54, 1.807) is 19.1 Å². The number of carbonyl (C=O) groups is 1. The number of nitro groups is 1. The number of anilines is 1. The van der Waals surface area contributed by atoms with Crippen molar-refractivity contribution in [3.63, 3.8) is 0 Å². The van der Waals surface area contributed by atoms with Crippen LogP contribution in [0.4, 0.5) is 20.2 Å². The Morgan fingerprint density at radius 3 is 2.42 bits per heavy atom.